The van der Waals surface area contributed by atoms with Gasteiger partial charge in [0.1, 0.15) is 0 Å². The van der Waals surface area contributed by atoms with E-state index in [0.717, 1.165) is 0 Å². The average molecular weight is 203 g/mol. The molecule has 0 radical (unpaired) electrons. The van der Waals surface area contributed by atoms with Crippen molar-refractivity contribution in [1.29, 1.82) is 0 Å². The minimum Gasteiger partial charge on any atom is -0.367 e. The van der Waals surface area contributed by atoms with E-state index in [4.69, 9.17) is 5.73 Å². The fraction of sp³-hybridized carbons (Fsp3) is 0.909. The number of halogens is 1. The van der Waals surface area contributed by atoms with Crippen LogP contribution in [-0.2, 0) is 4.79 Å². The van der Waals surface area contributed by atoms with Crippen LogP contribution < -0.4 is 5.73 Å². The number of nitrogens with two attached hydrogens (primary N) is 1. The summed E-state index contributed by atoms with van der Waals surface area (Å²) in [5.41, 5.74) is 3.35. The number of amides is 1. The third-order valence-electron chi connectivity index (χ3n) is 3.29. The zero-order valence-electron chi connectivity index (χ0n) is 9.64. The fourth-order valence-electron chi connectivity index (χ4n) is 2.03. The van der Waals surface area contributed by atoms with Crippen molar-refractivity contribution in [3.8, 4) is 0 Å². The van der Waals surface area contributed by atoms with Crippen LogP contribution in [0.5, 0.6) is 0 Å². The molecule has 0 bridgehead atoms. The van der Waals surface area contributed by atoms with Gasteiger partial charge in [-0.25, -0.2) is 4.39 Å². The first-order chi connectivity index (χ1) is 6.44. The maximum Gasteiger partial charge on any atom is 0.255 e. The molecule has 0 aliphatic heterocycles. The molecule has 2 nitrogen and oxygen atoms in total. The molecular weight excluding hydrogens is 181 g/mol. The lowest BCUT2D eigenvalue weighted by Gasteiger charge is -2.34. The Morgan fingerprint density at radius 1 is 1.29 bits per heavy atom. The molecule has 0 rings (SSSR count). The van der Waals surface area contributed by atoms with E-state index in [1.165, 1.54) is 0 Å². The Hall–Kier alpha value is -0.600. The Bertz CT molecular complexity index is 192. The van der Waals surface area contributed by atoms with Gasteiger partial charge in [0, 0.05) is 5.92 Å². The van der Waals surface area contributed by atoms with Gasteiger partial charge >= 0.3 is 0 Å². The van der Waals surface area contributed by atoms with Gasteiger partial charge in [0.25, 0.3) is 5.91 Å². The van der Waals surface area contributed by atoms with E-state index in [-0.39, 0.29) is 11.8 Å². The van der Waals surface area contributed by atoms with Crippen molar-refractivity contribution in [1.82, 2.24) is 0 Å². The van der Waals surface area contributed by atoms with Gasteiger partial charge in [-0.3, -0.25) is 4.79 Å². The van der Waals surface area contributed by atoms with E-state index >= 15 is 0 Å². The van der Waals surface area contributed by atoms with Crippen LogP contribution >= 0.6 is 0 Å². The van der Waals surface area contributed by atoms with Crippen LogP contribution in [0.4, 0.5) is 4.39 Å². The molecule has 0 heterocycles. The normalized spacial score (nSPS) is 17.9. The number of hydrogen-bond acceptors (Lipinski definition) is 1. The third-order valence-corrected chi connectivity index (χ3v) is 3.29. The first-order valence-electron chi connectivity index (χ1n) is 5.43. The Balaban J connectivity index is 4.96. The second kappa shape index (κ2) is 5.32. The number of primary amides is 1. The van der Waals surface area contributed by atoms with Crippen molar-refractivity contribution in [3.05, 3.63) is 0 Å². The Labute approximate surface area is 86.1 Å². The molecule has 0 fully saturated rings. The van der Waals surface area contributed by atoms with Crippen molar-refractivity contribution in [2.24, 2.45) is 17.6 Å². The molecule has 0 spiro atoms. The zero-order chi connectivity index (χ0) is 11.4. The summed E-state index contributed by atoms with van der Waals surface area (Å²) in [4.78, 5) is 11.2. The van der Waals surface area contributed by atoms with E-state index < -0.39 is 11.6 Å². The third kappa shape index (κ3) is 2.25. The molecule has 14 heavy (non-hydrogen) atoms. The van der Waals surface area contributed by atoms with Gasteiger partial charge in [0.2, 0.25) is 0 Å². The Morgan fingerprint density at radius 3 is 1.93 bits per heavy atom. The maximum atomic E-state index is 14.5. The second-order valence-corrected chi connectivity index (χ2v) is 3.96. The predicted molar refractivity (Wildman–Crippen MR) is 56.6 cm³/mol. The monoisotopic (exact) mass is 203 g/mol. The lowest BCUT2D eigenvalue weighted by Crippen LogP contribution is -2.50. The molecule has 2 atom stereocenters. The van der Waals surface area contributed by atoms with Crippen molar-refractivity contribution in [3.63, 3.8) is 0 Å². The minimum absolute atomic E-state index is 0.255. The van der Waals surface area contributed by atoms with Crippen LogP contribution in [-0.4, -0.2) is 11.6 Å². The van der Waals surface area contributed by atoms with Crippen molar-refractivity contribution in [2.75, 3.05) is 0 Å². The maximum absolute atomic E-state index is 14.5. The Kier molecular flexibility index (Phi) is 5.09. The number of hydrogen-bond donors (Lipinski definition) is 1. The standard InChI is InChI=1S/C11H22FNO/c1-5-8(4)11(12,10(13)14)9(6-2)7-3/h8-9H,5-7H2,1-4H3,(H2,13,14). The molecular formula is C11H22FNO. The molecule has 0 saturated heterocycles. The van der Waals surface area contributed by atoms with Crippen LogP contribution in [0.15, 0.2) is 0 Å². The average Bonchev–Trinajstić information content (AvgIpc) is 2.17. The molecule has 2 unspecified atom stereocenters. The van der Waals surface area contributed by atoms with Gasteiger partial charge < -0.3 is 5.73 Å². The molecule has 0 aliphatic carbocycles. The summed E-state index contributed by atoms with van der Waals surface area (Å²) < 4.78 is 14.5. The highest BCUT2D eigenvalue weighted by atomic mass is 19.1. The van der Waals surface area contributed by atoms with Crippen LogP contribution in [0.3, 0.4) is 0 Å². The molecule has 2 N–H and O–H groups in total. The molecule has 0 aromatic carbocycles. The topological polar surface area (TPSA) is 43.1 Å². The van der Waals surface area contributed by atoms with Crippen molar-refractivity contribution in [2.45, 2.75) is 52.6 Å². The van der Waals surface area contributed by atoms with Gasteiger partial charge in [-0.15, -0.1) is 0 Å². The molecule has 0 aromatic heterocycles. The first kappa shape index (κ1) is 13.4. The number of carbonyl (C=O) groups is 1. The molecule has 84 valence electrons. The fourth-order valence-corrected chi connectivity index (χ4v) is 2.03. The summed E-state index contributed by atoms with van der Waals surface area (Å²) >= 11 is 0. The number of rotatable bonds is 6. The highest BCUT2D eigenvalue weighted by Crippen LogP contribution is 2.36. The van der Waals surface area contributed by atoms with Crippen molar-refractivity contribution < 1.29 is 9.18 Å². The summed E-state index contributed by atoms with van der Waals surface area (Å²) in [6.07, 6.45) is 1.94. The highest BCUT2D eigenvalue weighted by Gasteiger charge is 2.46. The highest BCUT2D eigenvalue weighted by molar-refractivity contribution is 5.84. The molecule has 0 aromatic rings. The molecule has 3 heteroatoms. The van der Waals surface area contributed by atoms with Crippen LogP contribution in [0.1, 0.15) is 47.0 Å². The van der Waals surface area contributed by atoms with E-state index in [2.05, 4.69) is 0 Å². The minimum atomic E-state index is -1.84. The van der Waals surface area contributed by atoms with Gasteiger partial charge in [0.15, 0.2) is 5.67 Å². The van der Waals surface area contributed by atoms with Crippen LogP contribution in [0.25, 0.3) is 0 Å². The van der Waals surface area contributed by atoms with Gasteiger partial charge in [-0.1, -0.05) is 27.7 Å². The summed E-state index contributed by atoms with van der Waals surface area (Å²) in [6.45, 7) is 7.43. The van der Waals surface area contributed by atoms with E-state index in [1.54, 1.807) is 6.92 Å². The SMILES string of the molecule is CCC(C)C(F)(C(N)=O)C(CC)CC. The van der Waals surface area contributed by atoms with Gasteiger partial charge in [0.05, 0.1) is 0 Å². The summed E-state index contributed by atoms with van der Waals surface area (Å²) in [7, 11) is 0. The van der Waals surface area contributed by atoms with Gasteiger partial charge in [-0.05, 0) is 25.2 Å². The Morgan fingerprint density at radius 2 is 1.71 bits per heavy atom. The summed E-state index contributed by atoms with van der Waals surface area (Å²) in [5, 5.41) is 0. The van der Waals surface area contributed by atoms with E-state index in [9.17, 15) is 9.18 Å². The lowest BCUT2D eigenvalue weighted by atomic mass is 9.75. The van der Waals surface area contributed by atoms with Gasteiger partial charge in [-0.2, -0.15) is 0 Å². The predicted octanol–water partition coefficient (Wildman–Crippen LogP) is 2.66. The van der Waals surface area contributed by atoms with Crippen LogP contribution in [0, 0.1) is 11.8 Å². The number of alkyl halides is 1. The lowest BCUT2D eigenvalue weighted by molar-refractivity contribution is -0.138. The molecule has 0 saturated carbocycles. The summed E-state index contributed by atoms with van der Waals surface area (Å²) in [6, 6.07) is 0. The van der Waals surface area contributed by atoms with E-state index in [0.29, 0.717) is 19.3 Å². The molecule has 1 amide bonds. The first-order valence-corrected chi connectivity index (χ1v) is 5.43. The summed E-state index contributed by atoms with van der Waals surface area (Å²) in [5.74, 6) is -1.36. The number of carbonyl (C=O) groups excluding carboxylic acids is 1. The smallest absolute Gasteiger partial charge is 0.255 e. The van der Waals surface area contributed by atoms with Crippen molar-refractivity contribution >= 4 is 5.91 Å². The second-order valence-electron chi connectivity index (χ2n) is 3.96. The quantitative estimate of drug-likeness (QED) is 0.708. The largest absolute Gasteiger partial charge is 0.367 e. The zero-order valence-corrected chi connectivity index (χ0v) is 9.64. The van der Waals surface area contributed by atoms with E-state index in [1.807, 2.05) is 20.8 Å². The van der Waals surface area contributed by atoms with Crippen LogP contribution in [0.2, 0.25) is 0 Å². The molecule has 0 aliphatic rings.